The van der Waals surface area contributed by atoms with Crippen molar-refractivity contribution in [3.8, 4) is 5.75 Å². The molecule has 0 radical (unpaired) electrons. The highest BCUT2D eigenvalue weighted by Gasteiger charge is 2.54. The van der Waals surface area contributed by atoms with Gasteiger partial charge in [0.1, 0.15) is 11.6 Å². The van der Waals surface area contributed by atoms with Crippen molar-refractivity contribution in [2.45, 2.75) is 16.4 Å². The molecule has 1 spiro atoms. The molecule has 2 N–H and O–H groups in total. The van der Waals surface area contributed by atoms with Gasteiger partial charge in [0.05, 0.1) is 30.2 Å². The van der Waals surface area contributed by atoms with Crippen molar-refractivity contribution in [1.29, 1.82) is 0 Å². The van der Waals surface area contributed by atoms with Crippen molar-refractivity contribution in [3.05, 3.63) is 59.5 Å². The number of fused-ring (bicyclic) bond motifs is 4. The summed E-state index contributed by atoms with van der Waals surface area (Å²) < 4.78 is 48.6. The van der Waals surface area contributed by atoms with Crippen LogP contribution in [0.5, 0.6) is 5.75 Å². The van der Waals surface area contributed by atoms with Crippen LogP contribution in [0.1, 0.15) is 17.3 Å². The summed E-state index contributed by atoms with van der Waals surface area (Å²) >= 11 is 0. The predicted molar refractivity (Wildman–Crippen MR) is 114 cm³/mol. The van der Waals surface area contributed by atoms with Crippen LogP contribution in [0.25, 0.3) is 10.9 Å². The van der Waals surface area contributed by atoms with Crippen LogP contribution in [0, 0.1) is 5.82 Å². The number of benzene rings is 2. The van der Waals surface area contributed by atoms with E-state index in [0.717, 1.165) is 34.0 Å². The van der Waals surface area contributed by atoms with Crippen LogP contribution in [0.15, 0.2) is 47.4 Å². The zero-order valence-electron chi connectivity index (χ0n) is 17.3. The van der Waals surface area contributed by atoms with Crippen LogP contribution in [0.4, 0.5) is 4.39 Å². The van der Waals surface area contributed by atoms with Crippen LogP contribution in [-0.4, -0.2) is 55.7 Å². The molecule has 0 bridgehead atoms. The highest BCUT2D eigenvalue weighted by Crippen LogP contribution is 2.47. The van der Waals surface area contributed by atoms with Crippen molar-refractivity contribution in [2.24, 2.45) is 7.05 Å². The predicted octanol–water partition coefficient (Wildman–Crippen LogP) is 1.90. The zero-order valence-corrected chi connectivity index (χ0v) is 18.1. The lowest BCUT2D eigenvalue weighted by Crippen LogP contribution is -2.67. The molecule has 2 aliphatic heterocycles. The summed E-state index contributed by atoms with van der Waals surface area (Å²) in [5, 5.41) is 14.4. The molecule has 0 unspecified atom stereocenters. The number of hydrogen-bond donors (Lipinski definition) is 2. The van der Waals surface area contributed by atoms with Crippen molar-refractivity contribution in [1.82, 2.24) is 14.2 Å². The number of rotatable bonds is 4. The number of ether oxygens (including phenoxy) is 1. The van der Waals surface area contributed by atoms with Crippen LogP contribution < -0.4 is 10.1 Å². The molecule has 1 saturated heterocycles. The largest absolute Gasteiger partial charge is 0.497 e. The average molecular weight is 446 g/mol. The lowest BCUT2D eigenvalue weighted by Gasteiger charge is -2.52. The van der Waals surface area contributed by atoms with Gasteiger partial charge in [-0.25, -0.2) is 12.8 Å². The van der Waals surface area contributed by atoms with Gasteiger partial charge in [-0.2, -0.15) is 4.31 Å². The van der Waals surface area contributed by atoms with Gasteiger partial charge in [-0.15, -0.1) is 0 Å². The summed E-state index contributed by atoms with van der Waals surface area (Å²) in [7, 11) is -0.225. The number of halogens is 1. The Hall–Kier alpha value is -2.46. The van der Waals surface area contributed by atoms with E-state index in [4.69, 9.17) is 4.74 Å². The van der Waals surface area contributed by atoms with Crippen LogP contribution in [-0.2, 0) is 22.5 Å². The second-order valence-corrected chi connectivity index (χ2v) is 10.3. The lowest BCUT2D eigenvalue weighted by molar-refractivity contribution is 0.121. The van der Waals surface area contributed by atoms with Crippen molar-refractivity contribution in [2.75, 3.05) is 33.4 Å². The fourth-order valence-corrected chi connectivity index (χ4v) is 6.67. The number of sulfonamides is 1. The van der Waals surface area contributed by atoms with Gasteiger partial charge in [-0.3, -0.25) is 0 Å². The van der Waals surface area contributed by atoms with Gasteiger partial charge in [-0.05, 0) is 35.9 Å². The minimum atomic E-state index is -3.79. The summed E-state index contributed by atoms with van der Waals surface area (Å²) in [6, 6.07) is 10.7. The maximum atomic E-state index is 13.6. The first-order valence-electron chi connectivity index (χ1n) is 10.1. The van der Waals surface area contributed by atoms with E-state index in [-0.39, 0.29) is 30.6 Å². The summed E-state index contributed by atoms with van der Waals surface area (Å²) in [4.78, 5) is -0.0396. The monoisotopic (exact) mass is 445 g/mol. The molecule has 0 saturated carbocycles. The van der Waals surface area contributed by atoms with Gasteiger partial charge in [0, 0.05) is 49.2 Å². The Bertz CT molecular complexity index is 1280. The first kappa shape index (κ1) is 20.4. The molecule has 1 fully saturated rings. The lowest BCUT2D eigenvalue weighted by atomic mass is 9.70. The Morgan fingerprint density at radius 2 is 2.03 bits per heavy atom. The number of nitrogens with zero attached hydrogens (tertiary/aromatic N) is 2. The molecular weight excluding hydrogens is 421 g/mol. The van der Waals surface area contributed by atoms with E-state index in [1.807, 2.05) is 29.8 Å². The van der Waals surface area contributed by atoms with E-state index in [0.29, 0.717) is 6.54 Å². The Morgan fingerprint density at radius 3 is 2.71 bits per heavy atom. The first-order chi connectivity index (χ1) is 14.8. The molecule has 2 aromatic carbocycles. The number of nitrogens with one attached hydrogen (secondary N) is 1. The van der Waals surface area contributed by atoms with Crippen LogP contribution in [0.2, 0.25) is 0 Å². The maximum Gasteiger partial charge on any atom is 0.243 e. The van der Waals surface area contributed by atoms with Gasteiger partial charge in [0.15, 0.2) is 0 Å². The van der Waals surface area contributed by atoms with Gasteiger partial charge < -0.3 is 19.7 Å². The van der Waals surface area contributed by atoms with Gasteiger partial charge in [-0.1, -0.05) is 6.07 Å². The van der Waals surface area contributed by atoms with E-state index in [1.54, 1.807) is 7.11 Å². The summed E-state index contributed by atoms with van der Waals surface area (Å²) in [5.41, 5.74) is 2.57. The van der Waals surface area contributed by atoms with Crippen LogP contribution in [0.3, 0.4) is 0 Å². The van der Waals surface area contributed by atoms with E-state index in [9.17, 15) is 17.9 Å². The first-order valence-corrected chi connectivity index (χ1v) is 11.5. The molecule has 1 aromatic heterocycles. The number of aryl methyl sites for hydroxylation is 1. The van der Waals surface area contributed by atoms with E-state index in [1.165, 1.54) is 22.5 Å². The Kier molecular flexibility index (Phi) is 4.63. The summed E-state index contributed by atoms with van der Waals surface area (Å²) in [6.07, 6.45) is 0. The third-order valence-electron chi connectivity index (χ3n) is 6.57. The Balaban J connectivity index is 1.58. The number of hydrogen-bond acceptors (Lipinski definition) is 5. The maximum absolute atomic E-state index is 13.6. The normalized spacial score (nSPS) is 20.6. The Morgan fingerprint density at radius 1 is 1.26 bits per heavy atom. The molecular formula is C22H24FN3O4S. The van der Waals surface area contributed by atoms with Gasteiger partial charge in [0.25, 0.3) is 0 Å². The minimum absolute atomic E-state index is 0.0396. The molecule has 31 heavy (non-hydrogen) atoms. The number of aliphatic hydroxyl groups excluding tert-OH is 1. The van der Waals surface area contributed by atoms with Crippen molar-refractivity contribution in [3.63, 3.8) is 0 Å². The van der Waals surface area contributed by atoms with E-state index >= 15 is 0 Å². The second kappa shape index (κ2) is 7.03. The fourth-order valence-electron chi connectivity index (χ4n) is 5.03. The molecule has 5 rings (SSSR count). The van der Waals surface area contributed by atoms with E-state index < -0.39 is 21.3 Å². The third-order valence-corrected chi connectivity index (χ3v) is 8.36. The molecule has 164 valence electrons. The SMILES string of the molecule is COc1ccc2c3c(n(C)c2c1)[C@@H](CO)NCC31CN(S(=O)(=O)c2cccc(F)c2)C1. The zero-order chi connectivity index (χ0) is 22.0. The number of aliphatic hydroxyl groups is 1. The molecule has 3 aromatic rings. The minimum Gasteiger partial charge on any atom is -0.497 e. The number of methoxy groups -OCH3 is 1. The molecule has 9 heteroatoms. The number of aromatic nitrogens is 1. The van der Waals surface area contributed by atoms with Crippen molar-refractivity contribution >= 4 is 20.9 Å². The third kappa shape index (κ3) is 2.91. The molecule has 0 aliphatic carbocycles. The molecule has 1 atom stereocenters. The molecule has 3 heterocycles. The topological polar surface area (TPSA) is 83.8 Å². The second-order valence-electron chi connectivity index (χ2n) is 8.33. The quantitative estimate of drug-likeness (QED) is 0.641. The van der Waals surface area contributed by atoms with Gasteiger partial charge in [0.2, 0.25) is 10.0 Å². The highest BCUT2D eigenvalue weighted by molar-refractivity contribution is 7.89. The standard InChI is InChI=1S/C22H24FN3O4S/c1-25-19-9-15(30-2)6-7-17(19)20-21(25)18(10-27)24-11-22(20)12-26(13-22)31(28,29)16-5-3-4-14(23)8-16/h3-9,18,24,27H,10-13H2,1-2H3/t18-/m1/s1. The van der Waals surface area contributed by atoms with E-state index in [2.05, 4.69) is 5.32 Å². The molecule has 0 amide bonds. The molecule has 7 nitrogen and oxygen atoms in total. The highest BCUT2D eigenvalue weighted by atomic mass is 32.2. The van der Waals surface area contributed by atoms with Crippen LogP contribution >= 0.6 is 0 Å². The van der Waals surface area contributed by atoms with Crippen molar-refractivity contribution < 1.29 is 22.7 Å². The Labute approximate surface area is 180 Å². The molecule has 2 aliphatic rings. The average Bonchev–Trinajstić information content (AvgIpc) is 3.04. The summed E-state index contributed by atoms with van der Waals surface area (Å²) in [6.45, 7) is 1.06. The fraction of sp³-hybridized carbons (Fsp3) is 0.364. The van der Waals surface area contributed by atoms with Gasteiger partial charge >= 0.3 is 0 Å². The summed E-state index contributed by atoms with van der Waals surface area (Å²) in [5.74, 6) is 0.156. The smallest absolute Gasteiger partial charge is 0.243 e.